The van der Waals surface area contributed by atoms with Crippen LogP contribution in [-0.4, -0.2) is 48.3 Å². The molecule has 0 saturated carbocycles. The molecule has 9 nitrogen and oxygen atoms in total. The third-order valence-corrected chi connectivity index (χ3v) is 5.69. The van der Waals surface area contributed by atoms with E-state index in [4.69, 9.17) is 4.74 Å². The number of sulfonamides is 1. The van der Waals surface area contributed by atoms with Crippen molar-refractivity contribution in [3.8, 4) is 5.75 Å². The van der Waals surface area contributed by atoms with Gasteiger partial charge < -0.3 is 10.1 Å². The highest BCUT2D eigenvalue weighted by Gasteiger charge is 2.28. The van der Waals surface area contributed by atoms with E-state index in [0.717, 1.165) is 6.07 Å². The first kappa shape index (κ1) is 22.8. The second-order valence-corrected chi connectivity index (χ2v) is 8.91. The Morgan fingerprint density at radius 3 is 2.30 bits per heavy atom. The van der Waals surface area contributed by atoms with E-state index in [1.165, 1.54) is 23.4 Å². The number of carbonyl (C=O) groups excluding carboxylic acids is 1. The van der Waals surface area contributed by atoms with Crippen LogP contribution in [0, 0.1) is 10.1 Å². The molecule has 0 unspecified atom stereocenters. The summed E-state index contributed by atoms with van der Waals surface area (Å²) in [5, 5.41) is 14.1. The number of amides is 1. The van der Waals surface area contributed by atoms with Gasteiger partial charge in [-0.3, -0.25) is 14.9 Å². The van der Waals surface area contributed by atoms with E-state index in [1.807, 2.05) is 0 Å². The van der Waals surface area contributed by atoms with Crippen molar-refractivity contribution >= 4 is 21.6 Å². The van der Waals surface area contributed by atoms with Crippen molar-refractivity contribution in [1.29, 1.82) is 0 Å². The van der Waals surface area contributed by atoms with Crippen LogP contribution < -0.4 is 10.1 Å². The molecule has 0 radical (unpaired) electrons. The Balaban J connectivity index is 3.21. The van der Waals surface area contributed by atoms with Crippen molar-refractivity contribution in [3.05, 3.63) is 28.3 Å². The lowest BCUT2D eigenvalue weighted by Gasteiger charge is -2.23. The minimum absolute atomic E-state index is 0.171. The molecule has 0 aliphatic carbocycles. The summed E-state index contributed by atoms with van der Waals surface area (Å²) in [6.45, 7) is 10.7. The zero-order chi connectivity index (χ0) is 21.0. The molecule has 1 rings (SSSR count). The molecule has 0 aromatic heterocycles. The minimum atomic E-state index is -3.85. The van der Waals surface area contributed by atoms with Crippen LogP contribution >= 0.6 is 0 Å². The monoisotopic (exact) mass is 401 g/mol. The molecule has 0 bridgehead atoms. The number of nitrogens with one attached hydrogen (secondary N) is 1. The number of nitro benzene ring substituents is 1. The number of nitrogens with zero attached hydrogens (tertiary/aromatic N) is 2. The fourth-order valence-corrected chi connectivity index (χ4v) is 3.81. The zero-order valence-electron chi connectivity index (χ0n) is 16.5. The van der Waals surface area contributed by atoms with Gasteiger partial charge in [-0.25, -0.2) is 8.42 Å². The second-order valence-electron chi connectivity index (χ2n) is 6.98. The Hall–Kier alpha value is -2.20. The van der Waals surface area contributed by atoms with E-state index in [0.29, 0.717) is 0 Å². The molecule has 1 amide bonds. The normalized spacial score (nSPS) is 13.3. The number of carbonyl (C=O) groups is 1. The van der Waals surface area contributed by atoms with Crippen LogP contribution in [0.2, 0.25) is 0 Å². The summed E-state index contributed by atoms with van der Waals surface area (Å²) in [6, 6.07) is 3.40. The smallest absolute Gasteiger partial charge is 0.312 e. The molecule has 0 aliphatic rings. The topological polar surface area (TPSA) is 119 Å². The van der Waals surface area contributed by atoms with E-state index in [1.54, 1.807) is 34.6 Å². The number of hydrogen-bond donors (Lipinski definition) is 1. The lowest BCUT2D eigenvalue weighted by molar-refractivity contribution is -0.386. The van der Waals surface area contributed by atoms with Crippen LogP contribution in [0.15, 0.2) is 23.1 Å². The van der Waals surface area contributed by atoms with Crippen LogP contribution in [0.5, 0.6) is 5.75 Å². The maximum absolute atomic E-state index is 12.6. The van der Waals surface area contributed by atoms with E-state index >= 15 is 0 Å². The number of rotatable bonds is 8. The Kier molecular flexibility index (Phi) is 7.32. The molecular formula is C17H27N3O6S. The standard InChI is InChI=1S/C17H27N3O6S/c1-7-19(8-2)27(24,25)13-9-10-15(14(11-13)20(22)23)26-12(3)16(21)18-17(4,5)6/h9-12H,7-8H2,1-6H3,(H,18,21)/t12-/m0/s1. The van der Waals surface area contributed by atoms with Crippen LogP contribution in [0.3, 0.4) is 0 Å². The van der Waals surface area contributed by atoms with E-state index in [2.05, 4.69) is 5.32 Å². The van der Waals surface area contributed by atoms with Crippen LogP contribution in [0.25, 0.3) is 0 Å². The zero-order valence-corrected chi connectivity index (χ0v) is 17.3. The maximum Gasteiger partial charge on any atom is 0.312 e. The van der Waals surface area contributed by atoms with Crippen molar-refractivity contribution in [2.45, 2.75) is 58.1 Å². The first-order chi connectivity index (χ1) is 12.3. The summed E-state index contributed by atoms with van der Waals surface area (Å²) in [5.74, 6) is -0.605. The summed E-state index contributed by atoms with van der Waals surface area (Å²) < 4.78 is 31.8. The quantitative estimate of drug-likeness (QED) is 0.527. The third-order valence-electron chi connectivity index (χ3n) is 3.64. The van der Waals surface area contributed by atoms with Gasteiger partial charge in [-0.2, -0.15) is 4.31 Å². The largest absolute Gasteiger partial charge is 0.474 e. The number of nitro groups is 1. The summed E-state index contributed by atoms with van der Waals surface area (Å²) in [7, 11) is -3.85. The predicted octanol–water partition coefficient (Wildman–Crippen LogP) is 2.31. The van der Waals surface area contributed by atoms with Crippen molar-refractivity contribution in [3.63, 3.8) is 0 Å². The lowest BCUT2D eigenvalue weighted by Crippen LogP contribution is -2.46. The SMILES string of the molecule is CCN(CC)S(=O)(=O)c1ccc(O[C@@H](C)C(=O)NC(C)(C)C)c([N+](=O)[O-])c1. The molecule has 10 heteroatoms. The number of hydrogen-bond acceptors (Lipinski definition) is 6. The molecule has 1 N–H and O–H groups in total. The molecule has 27 heavy (non-hydrogen) atoms. The van der Waals surface area contributed by atoms with Crippen molar-refractivity contribution in [1.82, 2.24) is 9.62 Å². The van der Waals surface area contributed by atoms with Gasteiger partial charge in [-0.15, -0.1) is 0 Å². The van der Waals surface area contributed by atoms with Gasteiger partial charge in [-0.1, -0.05) is 13.8 Å². The molecule has 0 fully saturated rings. The predicted molar refractivity (Wildman–Crippen MR) is 101 cm³/mol. The van der Waals surface area contributed by atoms with Gasteiger partial charge in [0.15, 0.2) is 11.9 Å². The van der Waals surface area contributed by atoms with Crippen LogP contribution in [0.4, 0.5) is 5.69 Å². The molecule has 0 spiro atoms. The summed E-state index contributed by atoms with van der Waals surface area (Å²) in [4.78, 5) is 22.6. The first-order valence-corrected chi connectivity index (χ1v) is 10.0. The molecule has 0 heterocycles. The van der Waals surface area contributed by atoms with Gasteiger partial charge in [-0.05, 0) is 39.8 Å². The third kappa shape index (κ3) is 5.90. The average Bonchev–Trinajstić information content (AvgIpc) is 2.54. The Morgan fingerprint density at radius 2 is 1.85 bits per heavy atom. The molecule has 1 aromatic rings. The fraction of sp³-hybridized carbons (Fsp3) is 0.588. The highest BCUT2D eigenvalue weighted by molar-refractivity contribution is 7.89. The van der Waals surface area contributed by atoms with Gasteiger partial charge >= 0.3 is 5.69 Å². The Bertz CT molecular complexity index is 797. The molecular weight excluding hydrogens is 374 g/mol. The number of benzene rings is 1. The second kappa shape index (κ2) is 8.66. The van der Waals surface area contributed by atoms with E-state index in [9.17, 15) is 23.3 Å². The highest BCUT2D eigenvalue weighted by atomic mass is 32.2. The molecule has 1 aromatic carbocycles. The van der Waals surface area contributed by atoms with Gasteiger partial charge in [0.2, 0.25) is 10.0 Å². The van der Waals surface area contributed by atoms with Gasteiger partial charge in [0, 0.05) is 24.7 Å². The Morgan fingerprint density at radius 1 is 1.30 bits per heavy atom. The maximum atomic E-state index is 12.6. The average molecular weight is 401 g/mol. The number of ether oxygens (including phenoxy) is 1. The summed E-state index contributed by atoms with van der Waals surface area (Å²) in [6.07, 6.45) is -0.992. The lowest BCUT2D eigenvalue weighted by atomic mass is 10.1. The molecule has 1 atom stereocenters. The van der Waals surface area contributed by atoms with Crippen LogP contribution in [-0.2, 0) is 14.8 Å². The minimum Gasteiger partial charge on any atom is -0.474 e. The molecule has 152 valence electrons. The van der Waals surface area contributed by atoms with E-state index < -0.39 is 38.2 Å². The van der Waals surface area contributed by atoms with Gasteiger partial charge in [0.1, 0.15) is 0 Å². The highest BCUT2D eigenvalue weighted by Crippen LogP contribution is 2.31. The fourth-order valence-electron chi connectivity index (χ4n) is 2.33. The van der Waals surface area contributed by atoms with E-state index in [-0.39, 0.29) is 23.7 Å². The molecule has 0 aliphatic heterocycles. The van der Waals surface area contributed by atoms with Crippen molar-refractivity contribution in [2.75, 3.05) is 13.1 Å². The van der Waals surface area contributed by atoms with Gasteiger partial charge in [0.25, 0.3) is 5.91 Å². The molecule has 0 saturated heterocycles. The van der Waals surface area contributed by atoms with Crippen LogP contribution in [0.1, 0.15) is 41.5 Å². The van der Waals surface area contributed by atoms with Crippen molar-refractivity contribution in [2.24, 2.45) is 0 Å². The summed E-state index contributed by atoms with van der Waals surface area (Å²) in [5.41, 5.74) is -0.999. The Labute approximate surface area is 159 Å². The summed E-state index contributed by atoms with van der Waals surface area (Å²) >= 11 is 0. The van der Waals surface area contributed by atoms with Gasteiger partial charge in [0.05, 0.1) is 9.82 Å². The first-order valence-electron chi connectivity index (χ1n) is 8.60. The van der Waals surface area contributed by atoms with Crippen molar-refractivity contribution < 1.29 is 22.9 Å².